The fourth-order valence-electron chi connectivity index (χ4n) is 2.51. The monoisotopic (exact) mass is 395 g/mol. The number of imide groups is 1. The molecule has 28 heavy (non-hydrogen) atoms. The first-order chi connectivity index (χ1) is 13.5. The van der Waals surface area contributed by atoms with Crippen LogP contribution in [0.25, 0.3) is 0 Å². The summed E-state index contributed by atoms with van der Waals surface area (Å²) in [5.41, 5.74) is 1.73. The molecule has 8 heteroatoms. The number of rotatable bonds is 6. The number of nitrogens with one attached hydrogen (secondary N) is 2. The number of aryl methyl sites for hydroxylation is 1. The number of carbonyl (C=O) groups is 2. The molecule has 0 aliphatic rings. The van der Waals surface area contributed by atoms with E-state index >= 15 is 0 Å². The Morgan fingerprint density at radius 1 is 1.04 bits per heavy atom. The molecule has 3 aromatic rings. The summed E-state index contributed by atoms with van der Waals surface area (Å²) in [6, 6.07) is 18.4. The van der Waals surface area contributed by atoms with Crippen LogP contribution in [-0.2, 0) is 11.3 Å². The van der Waals surface area contributed by atoms with E-state index in [1.54, 1.807) is 31.2 Å². The predicted molar refractivity (Wildman–Crippen MR) is 109 cm³/mol. The molecule has 2 aromatic carbocycles. The molecule has 1 unspecified atom stereocenters. The minimum absolute atomic E-state index is 0.398. The maximum atomic E-state index is 12.4. The number of hydrogen-bond donors (Lipinski definition) is 2. The van der Waals surface area contributed by atoms with Crippen LogP contribution in [0.1, 0.15) is 18.3 Å². The molecule has 1 heterocycles. The van der Waals surface area contributed by atoms with Crippen molar-refractivity contribution >= 4 is 29.4 Å². The number of nitrogens with zero attached hydrogens (tertiary/aromatic N) is 3. The Hall–Kier alpha value is -3.13. The van der Waals surface area contributed by atoms with Gasteiger partial charge in [0.1, 0.15) is 5.82 Å². The lowest BCUT2D eigenvalue weighted by atomic mass is 10.2. The van der Waals surface area contributed by atoms with Crippen LogP contribution < -0.4 is 10.6 Å². The smallest absolute Gasteiger partial charge is 0.308 e. The van der Waals surface area contributed by atoms with E-state index in [1.807, 2.05) is 47.9 Å². The molecule has 0 bridgehead atoms. The number of carbonyl (C=O) groups excluding carboxylic acids is 2. The van der Waals surface area contributed by atoms with Crippen LogP contribution in [0.15, 0.2) is 65.8 Å². The van der Waals surface area contributed by atoms with Crippen molar-refractivity contribution in [3.63, 3.8) is 0 Å². The van der Waals surface area contributed by atoms with Crippen molar-refractivity contribution in [3.05, 3.63) is 72.1 Å². The summed E-state index contributed by atoms with van der Waals surface area (Å²) < 4.78 is 1.95. The SMILES string of the molecule is Cc1nnc(SC(C)C(=O)NC(=O)Nc2ccccc2)n1Cc1ccccc1. The van der Waals surface area contributed by atoms with E-state index in [0.29, 0.717) is 17.4 Å². The van der Waals surface area contributed by atoms with Gasteiger partial charge in [0.15, 0.2) is 5.16 Å². The number of para-hydroxylation sites is 1. The maximum Gasteiger partial charge on any atom is 0.325 e. The van der Waals surface area contributed by atoms with Crippen LogP contribution in [0.5, 0.6) is 0 Å². The highest BCUT2D eigenvalue weighted by Gasteiger charge is 2.21. The summed E-state index contributed by atoms with van der Waals surface area (Å²) in [4.78, 5) is 24.4. The Morgan fingerprint density at radius 3 is 2.36 bits per heavy atom. The van der Waals surface area contributed by atoms with Gasteiger partial charge in [-0.15, -0.1) is 10.2 Å². The van der Waals surface area contributed by atoms with Gasteiger partial charge in [0.05, 0.1) is 11.8 Å². The fraction of sp³-hybridized carbons (Fsp3) is 0.200. The normalized spacial score (nSPS) is 11.6. The van der Waals surface area contributed by atoms with Gasteiger partial charge in [-0.2, -0.15) is 0 Å². The quantitative estimate of drug-likeness (QED) is 0.624. The average molecular weight is 395 g/mol. The van der Waals surface area contributed by atoms with Gasteiger partial charge in [0.2, 0.25) is 5.91 Å². The van der Waals surface area contributed by atoms with Crippen molar-refractivity contribution < 1.29 is 9.59 Å². The highest BCUT2D eigenvalue weighted by Crippen LogP contribution is 2.23. The third-order valence-electron chi connectivity index (χ3n) is 4.01. The molecule has 0 saturated carbocycles. The number of amides is 3. The second kappa shape index (κ2) is 9.18. The zero-order valence-electron chi connectivity index (χ0n) is 15.6. The van der Waals surface area contributed by atoms with Gasteiger partial charge in [-0.1, -0.05) is 60.3 Å². The third kappa shape index (κ3) is 5.20. The number of thioether (sulfide) groups is 1. The number of anilines is 1. The Morgan fingerprint density at radius 2 is 1.68 bits per heavy atom. The van der Waals surface area contributed by atoms with Gasteiger partial charge < -0.3 is 9.88 Å². The lowest BCUT2D eigenvalue weighted by molar-refractivity contribution is -0.119. The highest BCUT2D eigenvalue weighted by atomic mass is 32.2. The Labute approximate surface area is 167 Å². The van der Waals surface area contributed by atoms with Gasteiger partial charge in [0.25, 0.3) is 0 Å². The summed E-state index contributed by atoms with van der Waals surface area (Å²) in [5, 5.41) is 13.4. The highest BCUT2D eigenvalue weighted by molar-refractivity contribution is 8.00. The van der Waals surface area contributed by atoms with Crippen molar-refractivity contribution in [1.29, 1.82) is 0 Å². The van der Waals surface area contributed by atoms with Crippen molar-refractivity contribution in [3.8, 4) is 0 Å². The first-order valence-corrected chi connectivity index (χ1v) is 9.68. The largest absolute Gasteiger partial charge is 0.325 e. The predicted octanol–water partition coefficient (Wildman–Crippen LogP) is 3.46. The topological polar surface area (TPSA) is 88.9 Å². The van der Waals surface area contributed by atoms with E-state index < -0.39 is 17.2 Å². The molecule has 3 rings (SSSR count). The van der Waals surface area contributed by atoms with Crippen LogP contribution in [-0.4, -0.2) is 32.0 Å². The molecule has 144 valence electrons. The van der Waals surface area contributed by atoms with Gasteiger partial charge in [0, 0.05) is 5.69 Å². The molecule has 1 aromatic heterocycles. The van der Waals surface area contributed by atoms with E-state index in [-0.39, 0.29) is 0 Å². The number of hydrogen-bond acceptors (Lipinski definition) is 5. The standard InChI is InChI=1S/C20H21N5O2S/c1-14(18(26)22-19(27)21-17-11-7-4-8-12-17)28-20-24-23-15(2)25(20)13-16-9-5-3-6-10-16/h3-12,14H,13H2,1-2H3,(H2,21,22,26,27). The molecule has 3 amide bonds. The molecule has 0 spiro atoms. The van der Waals surface area contributed by atoms with E-state index in [1.165, 1.54) is 11.8 Å². The van der Waals surface area contributed by atoms with Crippen molar-refractivity contribution in [2.45, 2.75) is 30.8 Å². The molecule has 0 aliphatic heterocycles. The second-order valence-electron chi connectivity index (χ2n) is 6.17. The summed E-state index contributed by atoms with van der Waals surface area (Å²) in [7, 11) is 0. The number of aromatic nitrogens is 3. The zero-order valence-corrected chi connectivity index (χ0v) is 16.4. The fourth-order valence-corrected chi connectivity index (χ4v) is 3.40. The summed E-state index contributed by atoms with van der Waals surface area (Å²) in [6.45, 7) is 4.22. The molecule has 0 aliphatic carbocycles. The molecule has 1 atom stereocenters. The first-order valence-electron chi connectivity index (χ1n) is 8.80. The van der Waals surface area contributed by atoms with Crippen molar-refractivity contribution in [2.75, 3.05) is 5.32 Å². The van der Waals surface area contributed by atoms with Crippen molar-refractivity contribution in [2.24, 2.45) is 0 Å². The van der Waals surface area contributed by atoms with Crippen LogP contribution in [0.4, 0.5) is 10.5 Å². The number of urea groups is 1. The first kappa shape index (κ1) is 19.6. The van der Waals surface area contributed by atoms with E-state index in [9.17, 15) is 9.59 Å². The molecule has 2 N–H and O–H groups in total. The Kier molecular flexibility index (Phi) is 6.44. The van der Waals surface area contributed by atoms with Gasteiger partial charge in [-0.25, -0.2) is 4.79 Å². The Bertz CT molecular complexity index is 944. The molecule has 7 nitrogen and oxygen atoms in total. The van der Waals surface area contributed by atoms with E-state index in [2.05, 4.69) is 20.8 Å². The number of benzene rings is 2. The maximum absolute atomic E-state index is 12.4. The molecule has 0 fully saturated rings. The minimum Gasteiger partial charge on any atom is -0.308 e. The van der Waals surface area contributed by atoms with Gasteiger partial charge >= 0.3 is 6.03 Å². The summed E-state index contributed by atoms with van der Waals surface area (Å²) in [5.74, 6) is 0.367. The molecular weight excluding hydrogens is 374 g/mol. The summed E-state index contributed by atoms with van der Waals surface area (Å²) in [6.07, 6.45) is 0. The molecule has 0 saturated heterocycles. The summed E-state index contributed by atoms with van der Waals surface area (Å²) >= 11 is 1.26. The van der Waals surface area contributed by atoms with Crippen molar-refractivity contribution in [1.82, 2.24) is 20.1 Å². The lowest BCUT2D eigenvalue weighted by Crippen LogP contribution is -2.39. The average Bonchev–Trinajstić information content (AvgIpc) is 3.03. The van der Waals surface area contributed by atoms with Crippen LogP contribution in [0.2, 0.25) is 0 Å². The van der Waals surface area contributed by atoms with Gasteiger partial charge in [-0.05, 0) is 31.5 Å². The molecular formula is C20H21N5O2S. The minimum atomic E-state index is -0.564. The lowest BCUT2D eigenvalue weighted by Gasteiger charge is -2.13. The second-order valence-corrected chi connectivity index (χ2v) is 7.48. The zero-order chi connectivity index (χ0) is 19.9. The third-order valence-corrected chi connectivity index (χ3v) is 5.09. The Balaban J connectivity index is 1.60. The van der Waals surface area contributed by atoms with E-state index in [0.717, 1.165) is 11.4 Å². The van der Waals surface area contributed by atoms with Crippen LogP contribution >= 0.6 is 11.8 Å². The van der Waals surface area contributed by atoms with Crippen LogP contribution in [0.3, 0.4) is 0 Å². The van der Waals surface area contributed by atoms with Gasteiger partial charge in [-0.3, -0.25) is 10.1 Å². The van der Waals surface area contributed by atoms with Crippen LogP contribution in [0, 0.1) is 6.92 Å². The molecule has 0 radical (unpaired) electrons. The van der Waals surface area contributed by atoms with E-state index in [4.69, 9.17) is 0 Å².